The molecule has 0 radical (unpaired) electrons. The lowest BCUT2D eigenvalue weighted by atomic mass is 9.90. The van der Waals surface area contributed by atoms with Gasteiger partial charge < -0.3 is 15.4 Å². The third-order valence-corrected chi connectivity index (χ3v) is 4.13. The summed E-state index contributed by atoms with van der Waals surface area (Å²) in [5.74, 6) is 0.217. The van der Waals surface area contributed by atoms with Crippen LogP contribution in [-0.2, 0) is 9.53 Å². The number of nitrogens with two attached hydrogens (primary N) is 1. The van der Waals surface area contributed by atoms with Gasteiger partial charge in [-0.05, 0) is 44.9 Å². The van der Waals surface area contributed by atoms with Crippen LogP contribution in [0.5, 0.6) is 0 Å². The molecular weight excluding hydrogens is 228 g/mol. The summed E-state index contributed by atoms with van der Waals surface area (Å²) in [4.78, 5) is 14.6. The molecule has 104 valence electrons. The first-order valence-corrected chi connectivity index (χ1v) is 7.40. The van der Waals surface area contributed by atoms with Crippen molar-refractivity contribution in [2.45, 2.75) is 70.1 Å². The van der Waals surface area contributed by atoms with Crippen LogP contribution in [0.2, 0.25) is 0 Å². The SMILES string of the molecule is CCCN(C(=O)C1CCCO1)C1CCC(N)CC1. The first-order valence-electron chi connectivity index (χ1n) is 7.40. The standard InChI is InChI=1S/C14H26N2O2/c1-2-9-16(12-7-5-11(15)6-8-12)14(17)13-4-3-10-18-13/h11-13H,2-10,15H2,1H3. The molecule has 1 unspecified atom stereocenters. The van der Waals surface area contributed by atoms with Gasteiger partial charge in [0.25, 0.3) is 5.91 Å². The molecule has 1 aliphatic carbocycles. The number of ether oxygens (including phenoxy) is 1. The van der Waals surface area contributed by atoms with Crippen molar-refractivity contribution >= 4 is 5.91 Å². The number of nitrogens with zero attached hydrogens (tertiary/aromatic N) is 1. The van der Waals surface area contributed by atoms with Gasteiger partial charge in [0.05, 0.1) is 0 Å². The van der Waals surface area contributed by atoms with E-state index in [2.05, 4.69) is 11.8 Å². The highest BCUT2D eigenvalue weighted by atomic mass is 16.5. The molecule has 0 aromatic carbocycles. The monoisotopic (exact) mass is 254 g/mol. The Morgan fingerprint density at radius 2 is 2.00 bits per heavy atom. The molecule has 0 aromatic heterocycles. The number of hydrogen-bond acceptors (Lipinski definition) is 3. The van der Waals surface area contributed by atoms with Crippen molar-refractivity contribution in [3.63, 3.8) is 0 Å². The molecule has 2 N–H and O–H groups in total. The van der Waals surface area contributed by atoms with Gasteiger partial charge >= 0.3 is 0 Å². The highest BCUT2D eigenvalue weighted by Gasteiger charge is 2.33. The number of hydrogen-bond donors (Lipinski definition) is 1. The van der Waals surface area contributed by atoms with Crippen LogP contribution in [-0.4, -0.2) is 42.1 Å². The highest BCUT2D eigenvalue weighted by Crippen LogP contribution is 2.25. The summed E-state index contributed by atoms with van der Waals surface area (Å²) >= 11 is 0. The molecule has 18 heavy (non-hydrogen) atoms. The van der Waals surface area contributed by atoms with Crippen molar-refractivity contribution in [3.05, 3.63) is 0 Å². The van der Waals surface area contributed by atoms with Crippen LogP contribution >= 0.6 is 0 Å². The average Bonchev–Trinajstić information content (AvgIpc) is 2.90. The van der Waals surface area contributed by atoms with Crippen molar-refractivity contribution in [2.75, 3.05) is 13.2 Å². The smallest absolute Gasteiger partial charge is 0.251 e. The number of rotatable bonds is 4. The minimum absolute atomic E-state index is 0.174. The molecule has 0 bridgehead atoms. The lowest BCUT2D eigenvalue weighted by Crippen LogP contribution is -2.48. The van der Waals surface area contributed by atoms with E-state index < -0.39 is 0 Å². The van der Waals surface area contributed by atoms with Crippen LogP contribution in [0.15, 0.2) is 0 Å². The zero-order valence-corrected chi connectivity index (χ0v) is 11.4. The Balaban J connectivity index is 1.95. The average molecular weight is 254 g/mol. The molecule has 1 heterocycles. The van der Waals surface area contributed by atoms with E-state index in [1.165, 1.54) is 0 Å². The molecule has 1 saturated heterocycles. The largest absolute Gasteiger partial charge is 0.368 e. The van der Waals surface area contributed by atoms with E-state index in [-0.39, 0.29) is 12.0 Å². The van der Waals surface area contributed by atoms with Gasteiger partial charge in [-0.2, -0.15) is 0 Å². The van der Waals surface area contributed by atoms with Crippen molar-refractivity contribution in [2.24, 2.45) is 5.73 Å². The van der Waals surface area contributed by atoms with E-state index in [9.17, 15) is 4.79 Å². The fourth-order valence-electron chi connectivity index (χ4n) is 3.08. The zero-order valence-electron chi connectivity index (χ0n) is 11.4. The first-order chi connectivity index (χ1) is 8.72. The maximum Gasteiger partial charge on any atom is 0.251 e. The van der Waals surface area contributed by atoms with E-state index >= 15 is 0 Å². The maximum atomic E-state index is 12.5. The van der Waals surface area contributed by atoms with Gasteiger partial charge in [-0.1, -0.05) is 6.92 Å². The summed E-state index contributed by atoms with van der Waals surface area (Å²) in [5.41, 5.74) is 5.94. The van der Waals surface area contributed by atoms with Gasteiger partial charge in [-0.25, -0.2) is 0 Å². The molecule has 1 amide bonds. The van der Waals surface area contributed by atoms with Crippen LogP contribution in [0.3, 0.4) is 0 Å². The van der Waals surface area contributed by atoms with Crippen molar-refractivity contribution in [1.82, 2.24) is 4.90 Å². The third-order valence-electron chi connectivity index (χ3n) is 4.13. The summed E-state index contributed by atoms with van der Waals surface area (Å²) in [7, 11) is 0. The lowest BCUT2D eigenvalue weighted by molar-refractivity contribution is -0.144. The Morgan fingerprint density at radius 3 is 2.56 bits per heavy atom. The molecule has 4 heteroatoms. The molecule has 4 nitrogen and oxygen atoms in total. The van der Waals surface area contributed by atoms with E-state index in [4.69, 9.17) is 10.5 Å². The quantitative estimate of drug-likeness (QED) is 0.830. The Hall–Kier alpha value is -0.610. The van der Waals surface area contributed by atoms with E-state index in [1.54, 1.807) is 0 Å². The van der Waals surface area contributed by atoms with Crippen LogP contribution in [0.4, 0.5) is 0 Å². The molecule has 0 spiro atoms. The van der Waals surface area contributed by atoms with Crippen LogP contribution < -0.4 is 5.73 Å². The van der Waals surface area contributed by atoms with E-state index in [0.717, 1.165) is 58.1 Å². The summed E-state index contributed by atoms with van der Waals surface area (Å²) < 4.78 is 5.54. The van der Waals surface area contributed by atoms with Gasteiger partial charge in [-0.3, -0.25) is 4.79 Å². The van der Waals surface area contributed by atoms with Gasteiger partial charge in [0.2, 0.25) is 0 Å². The Labute approximate surface area is 110 Å². The molecule has 2 rings (SSSR count). The lowest BCUT2D eigenvalue weighted by Gasteiger charge is -2.37. The van der Waals surface area contributed by atoms with Crippen molar-refractivity contribution in [3.8, 4) is 0 Å². The van der Waals surface area contributed by atoms with Crippen molar-refractivity contribution < 1.29 is 9.53 Å². The fraction of sp³-hybridized carbons (Fsp3) is 0.929. The minimum atomic E-state index is -0.174. The van der Waals surface area contributed by atoms with Gasteiger partial charge in [0.1, 0.15) is 6.10 Å². The zero-order chi connectivity index (χ0) is 13.0. The topological polar surface area (TPSA) is 55.6 Å². The predicted molar refractivity (Wildman–Crippen MR) is 71.2 cm³/mol. The van der Waals surface area contributed by atoms with Gasteiger partial charge in [0, 0.05) is 25.2 Å². The minimum Gasteiger partial charge on any atom is -0.368 e. The highest BCUT2D eigenvalue weighted by molar-refractivity contribution is 5.81. The summed E-state index contributed by atoms with van der Waals surface area (Å²) in [5, 5.41) is 0. The maximum absolute atomic E-state index is 12.5. The van der Waals surface area contributed by atoms with Crippen molar-refractivity contribution in [1.29, 1.82) is 0 Å². The summed E-state index contributed by atoms with van der Waals surface area (Å²) in [6.45, 7) is 3.73. The second-order valence-corrected chi connectivity index (χ2v) is 5.60. The number of carbonyl (C=O) groups excluding carboxylic acids is 1. The van der Waals surface area contributed by atoms with Gasteiger partial charge in [-0.15, -0.1) is 0 Å². The van der Waals surface area contributed by atoms with E-state index in [0.29, 0.717) is 12.1 Å². The Bertz CT molecular complexity index is 269. The first kappa shape index (κ1) is 13.8. The van der Waals surface area contributed by atoms with Gasteiger partial charge in [0.15, 0.2) is 0 Å². The summed E-state index contributed by atoms with van der Waals surface area (Å²) in [6, 6.07) is 0.726. The molecule has 2 aliphatic rings. The molecule has 1 atom stereocenters. The van der Waals surface area contributed by atoms with Crippen LogP contribution in [0, 0.1) is 0 Å². The predicted octanol–water partition coefficient (Wildman–Crippen LogP) is 1.67. The third kappa shape index (κ3) is 3.23. The normalized spacial score (nSPS) is 32.4. The fourth-order valence-corrected chi connectivity index (χ4v) is 3.08. The second kappa shape index (κ2) is 6.53. The Morgan fingerprint density at radius 1 is 1.28 bits per heavy atom. The number of carbonyl (C=O) groups is 1. The molecular formula is C14H26N2O2. The summed E-state index contributed by atoms with van der Waals surface area (Å²) in [6.07, 6.45) is 6.96. The number of amides is 1. The van der Waals surface area contributed by atoms with Crippen LogP contribution in [0.25, 0.3) is 0 Å². The Kier molecular flexibility index (Phi) is 5.01. The van der Waals surface area contributed by atoms with E-state index in [1.807, 2.05) is 0 Å². The molecule has 0 aromatic rings. The molecule has 1 saturated carbocycles. The second-order valence-electron chi connectivity index (χ2n) is 5.60. The molecule has 2 fully saturated rings. The van der Waals surface area contributed by atoms with Crippen LogP contribution in [0.1, 0.15) is 51.9 Å². The molecule has 1 aliphatic heterocycles.